The molecular weight excluding hydrogens is 290 g/mol. The number of aromatic nitrogens is 2. The van der Waals surface area contributed by atoms with Crippen molar-refractivity contribution in [1.82, 2.24) is 9.55 Å². The molecule has 4 nitrogen and oxygen atoms in total. The molecule has 0 saturated heterocycles. The van der Waals surface area contributed by atoms with E-state index >= 15 is 0 Å². The SMILES string of the molecule is NC(CO)c1cncn1Cc1cc(Br)cs1. The third kappa shape index (κ3) is 2.52. The summed E-state index contributed by atoms with van der Waals surface area (Å²) in [6, 6.07) is 1.70. The fraction of sp³-hybridized carbons (Fsp3) is 0.300. The van der Waals surface area contributed by atoms with Crippen LogP contribution in [0.15, 0.2) is 28.4 Å². The maximum Gasteiger partial charge on any atom is 0.0952 e. The van der Waals surface area contributed by atoms with Crippen LogP contribution in [0.25, 0.3) is 0 Å². The number of rotatable bonds is 4. The Morgan fingerprint density at radius 2 is 2.44 bits per heavy atom. The van der Waals surface area contributed by atoms with Crippen molar-refractivity contribution in [3.8, 4) is 0 Å². The third-order valence-corrected chi connectivity index (χ3v) is 3.95. The van der Waals surface area contributed by atoms with Gasteiger partial charge in [-0.25, -0.2) is 4.98 Å². The molecule has 2 heterocycles. The molecule has 16 heavy (non-hydrogen) atoms. The predicted octanol–water partition coefficient (Wildman–Crippen LogP) is 1.75. The largest absolute Gasteiger partial charge is 0.394 e. The summed E-state index contributed by atoms with van der Waals surface area (Å²) in [6.07, 6.45) is 3.43. The van der Waals surface area contributed by atoms with Gasteiger partial charge in [0.25, 0.3) is 0 Å². The number of imidazole rings is 1. The van der Waals surface area contributed by atoms with Gasteiger partial charge in [-0.15, -0.1) is 11.3 Å². The molecule has 3 N–H and O–H groups in total. The number of aliphatic hydroxyl groups excluding tert-OH is 1. The summed E-state index contributed by atoms with van der Waals surface area (Å²) >= 11 is 5.10. The van der Waals surface area contributed by atoms with Gasteiger partial charge in [0.05, 0.1) is 31.2 Å². The van der Waals surface area contributed by atoms with Crippen LogP contribution in [0.3, 0.4) is 0 Å². The summed E-state index contributed by atoms with van der Waals surface area (Å²) in [4.78, 5) is 5.28. The molecule has 0 bridgehead atoms. The molecule has 0 aliphatic carbocycles. The van der Waals surface area contributed by atoms with Gasteiger partial charge in [-0.3, -0.25) is 0 Å². The van der Waals surface area contributed by atoms with Crippen LogP contribution in [0, 0.1) is 0 Å². The first-order valence-electron chi connectivity index (χ1n) is 4.80. The first-order valence-corrected chi connectivity index (χ1v) is 6.47. The fourth-order valence-corrected chi connectivity index (χ4v) is 2.92. The molecule has 2 aromatic rings. The molecule has 0 spiro atoms. The standard InChI is InChI=1S/C10H12BrN3OS/c11-7-1-8(16-5-7)3-14-6-13-2-10(14)9(12)4-15/h1-2,5-6,9,15H,3-4,12H2. The van der Waals surface area contributed by atoms with Gasteiger partial charge in [-0.1, -0.05) is 0 Å². The van der Waals surface area contributed by atoms with Crippen LogP contribution in [0.1, 0.15) is 16.6 Å². The zero-order chi connectivity index (χ0) is 11.5. The predicted molar refractivity (Wildman–Crippen MR) is 67.4 cm³/mol. The Hall–Kier alpha value is -0.690. The third-order valence-electron chi connectivity index (χ3n) is 2.27. The van der Waals surface area contributed by atoms with Gasteiger partial charge in [0, 0.05) is 20.9 Å². The maximum atomic E-state index is 9.03. The molecule has 0 radical (unpaired) electrons. The van der Waals surface area contributed by atoms with Gasteiger partial charge in [0.1, 0.15) is 0 Å². The normalized spacial score (nSPS) is 12.9. The minimum atomic E-state index is -0.370. The lowest BCUT2D eigenvalue weighted by Gasteiger charge is -2.11. The van der Waals surface area contributed by atoms with Crippen LogP contribution in [0.4, 0.5) is 0 Å². The zero-order valence-electron chi connectivity index (χ0n) is 8.51. The Kier molecular flexibility index (Phi) is 3.75. The van der Waals surface area contributed by atoms with E-state index in [1.54, 1.807) is 23.9 Å². The Labute approximate surface area is 106 Å². The average Bonchev–Trinajstić information content (AvgIpc) is 2.87. The summed E-state index contributed by atoms with van der Waals surface area (Å²) in [7, 11) is 0. The molecule has 1 atom stereocenters. The van der Waals surface area contributed by atoms with Crippen LogP contribution in [0.2, 0.25) is 0 Å². The number of nitrogens with two attached hydrogens (primary N) is 1. The number of hydrogen-bond donors (Lipinski definition) is 2. The van der Waals surface area contributed by atoms with Crippen molar-refractivity contribution < 1.29 is 5.11 Å². The molecule has 0 aliphatic heterocycles. The number of thiophene rings is 1. The summed E-state index contributed by atoms with van der Waals surface area (Å²) in [5.74, 6) is 0. The molecule has 2 rings (SSSR count). The van der Waals surface area contributed by atoms with E-state index in [1.807, 2.05) is 9.95 Å². The van der Waals surface area contributed by atoms with E-state index in [1.165, 1.54) is 4.88 Å². The van der Waals surface area contributed by atoms with E-state index in [9.17, 15) is 0 Å². The lowest BCUT2D eigenvalue weighted by atomic mass is 10.2. The summed E-state index contributed by atoms with van der Waals surface area (Å²) < 4.78 is 3.04. The molecule has 0 aromatic carbocycles. The Morgan fingerprint density at radius 1 is 1.62 bits per heavy atom. The Morgan fingerprint density at radius 3 is 3.06 bits per heavy atom. The number of nitrogens with zero attached hydrogens (tertiary/aromatic N) is 2. The minimum absolute atomic E-state index is 0.0696. The molecular formula is C10H12BrN3OS. The molecule has 0 aliphatic rings. The molecule has 1 unspecified atom stereocenters. The van der Waals surface area contributed by atoms with Crippen molar-refractivity contribution in [2.45, 2.75) is 12.6 Å². The second kappa shape index (κ2) is 5.09. The smallest absolute Gasteiger partial charge is 0.0952 e. The highest BCUT2D eigenvalue weighted by Gasteiger charge is 2.11. The lowest BCUT2D eigenvalue weighted by Crippen LogP contribution is -2.18. The van der Waals surface area contributed by atoms with Gasteiger partial charge < -0.3 is 15.4 Å². The van der Waals surface area contributed by atoms with Gasteiger partial charge in [-0.2, -0.15) is 0 Å². The second-order valence-electron chi connectivity index (χ2n) is 3.47. The highest BCUT2D eigenvalue weighted by Crippen LogP contribution is 2.21. The van der Waals surface area contributed by atoms with Crippen LogP contribution >= 0.6 is 27.3 Å². The average molecular weight is 302 g/mol. The number of aliphatic hydroxyl groups is 1. The summed E-state index contributed by atoms with van der Waals surface area (Å²) in [5.41, 5.74) is 6.64. The molecule has 2 aromatic heterocycles. The molecule has 0 fully saturated rings. The molecule has 86 valence electrons. The fourth-order valence-electron chi connectivity index (χ4n) is 1.47. The first kappa shape index (κ1) is 11.8. The Balaban J connectivity index is 2.18. The van der Waals surface area contributed by atoms with Crippen molar-refractivity contribution >= 4 is 27.3 Å². The van der Waals surface area contributed by atoms with E-state index in [2.05, 4.69) is 27.0 Å². The molecule has 0 amide bonds. The van der Waals surface area contributed by atoms with Crippen molar-refractivity contribution in [1.29, 1.82) is 0 Å². The van der Waals surface area contributed by atoms with Crippen molar-refractivity contribution in [3.05, 3.63) is 39.0 Å². The van der Waals surface area contributed by atoms with E-state index < -0.39 is 0 Å². The summed E-state index contributed by atoms with van der Waals surface area (Å²) in [6.45, 7) is 0.666. The van der Waals surface area contributed by atoms with Crippen LogP contribution in [-0.2, 0) is 6.54 Å². The molecule has 0 saturated carbocycles. The van der Waals surface area contributed by atoms with Crippen molar-refractivity contribution in [3.63, 3.8) is 0 Å². The topological polar surface area (TPSA) is 64.1 Å². The van der Waals surface area contributed by atoms with Gasteiger partial charge in [0.15, 0.2) is 0 Å². The second-order valence-corrected chi connectivity index (χ2v) is 5.38. The number of hydrogen-bond acceptors (Lipinski definition) is 4. The maximum absolute atomic E-state index is 9.03. The van der Waals surface area contributed by atoms with E-state index in [4.69, 9.17) is 10.8 Å². The van der Waals surface area contributed by atoms with E-state index in [-0.39, 0.29) is 12.6 Å². The number of halogens is 1. The molecule has 6 heteroatoms. The van der Waals surface area contributed by atoms with E-state index in [0.717, 1.165) is 16.7 Å². The van der Waals surface area contributed by atoms with Gasteiger partial charge >= 0.3 is 0 Å². The first-order chi connectivity index (χ1) is 7.70. The Bertz CT molecular complexity index is 468. The van der Waals surface area contributed by atoms with Gasteiger partial charge in [-0.05, 0) is 22.0 Å². The monoisotopic (exact) mass is 301 g/mol. The minimum Gasteiger partial charge on any atom is -0.394 e. The lowest BCUT2D eigenvalue weighted by molar-refractivity contribution is 0.263. The van der Waals surface area contributed by atoms with Crippen LogP contribution in [0.5, 0.6) is 0 Å². The van der Waals surface area contributed by atoms with Gasteiger partial charge in [0.2, 0.25) is 0 Å². The highest BCUT2D eigenvalue weighted by molar-refractivity contribution is 9.10. The summed E-state index contributed by atoms with van der Waals surface area (Å²) in [5, 5.41) is 11.1. The van der Waals surface area contributed by atoms with Crippen molar-refractivity contribution in [2.75, 3.05) is 6.61 Å². The van der Waals surface area contributed by atoms with Crippen molar-refractivity contribution in [2.24, 2.45) is 5.73 Å². The van der Waals surface area contributed by atoms with E-state index in [0.29, 0.717) is 0 Å². The van der Waals surface area contributed by atoms with Crippen LogP contribution < -0.4 is 5.73 Å². The van der Waals surface area contributed by atoms with Crippen LogP contribution in [-0.4, -0.2) is 21.3 Å². The highest BCUT2D eigenvalue weighted by atomic mass is 79.9. The zero-order valence-corrected chi connectivity index (χ0v) is 10.9. The quantitative estimate of drug-likeness (QED) is 0.904.